The number of non-ortho nitro benzene ring substituents is 1. The molecule has 1 saturated heterocycles. The van der Waals surface area contributed by atoms with E-state index in [0.717, 1.165) is 25.6 Å². The second-order valence-electron chi connectivity index (χ2n) is 7.50. The normalized spacial score (nSPS) is 29.3. The van der Waals surface area contributed by atoms with Crippen molar-refractivity contribution in [3.8, 4) is 0 Å². The van der Waals surface area contributed by atoms with Gasteiger partial charge in [-0.2, -0.15) is 4.31 Å². The van der Waals surface area contributed by atoms with Gasteiger partial charge in [-0.25, -0.2) is 8.42 Å². The van der Waals surface area contributed by atoms with Gasteiger partial charge < -0.3 is 4.90 Å². The Morgan fingerprint density at radius 3 is 2.27 bits per heavy atom. The van der Waals surface area contributed by atoms with Crippen LogP contribution in [0.25, 0.3) is 0 Å². The standard InChI is InChI=1S/C18H23N3O4S/c22-21(23)17-3-5-18(6-4-17)26(24,25)20-9-7-19(8-10-20)13-16-12-14-1-2-15(16)11-14/h1-6,14-16H,7-13H2/t14-,15+,16+/m1/s1. The first-order valence-corrected chi connectivity index (χ1v) is 10.5. The summed E-state index contributed by atoms with van der Waals surface area (Å²) in [5.41, 5.74) is -0.103. The van der Waals surface area contributed by atoms with Crippen molar-refractivity contribution in [2.24, 2.45) is 17.8 Å². The molecule has 140 valence electrons. The average molecular weight is 377 g/mol. The molecule has 4 rings (SSSR count). The summed E-state index contributed by atoms with van der Waals surface area (Å²) in [6.45, 7) is 3.47. The molecule has 0 amide bonds. The van der Waals surface area contributed by atoms with Crippen LogP contribution in [0.2, 0.25) is 0 Å². The topological polar surface area (TPSA) is 83.8 Å². The summed E-state index contributed by atoms with van der Waals surface area (Å²) >= 11 is 0. The zero-order chi connectivity index (χ0) is 18.3. The number of nitrogens with zero attached hydrogens (tertiary/aromatic N) is 3. The van der Waals surface area contributed by atoms with Gasteiger partial charge in [0.15, 0.2) is 0 Å². The number of hydrogen-bond acceptors (Lipinski definition) is 5. The highest BCUT2D eigenvalue weighted by Gasteiger charge is 2.37. The van der Waals surface area contributed by atoms with Crippen molar-refractivity contribution >= 4 is 15.7 Å². The summed E-state index contributed by atoms with van der Waals surface area (Å²) in [6.07, 6.45) is 7.26. The Hall–Kier alpha value is -1.77. The fraction of sp³-hybridized carbons (Fsp3) is 0.556. The molecule has 0 radical (unpaired) electrons. The molecule has 2 aliphatic carbocycles. The van der Waals surface area contributed by atoms with Crippen molar-refractivity contribution in [1.82, 2.24) is 9.21 Å². The maximum absolute atomic E-state index is 12.8. The van der Waals surface area contributed by atoms with E-state index in [4.69, 9.17) is 0 Å². The van der Waals surface area contributed by atoms with Gasteiger partial charge in [-0.15, -0.1) is 0 Å². The SMILES string of the molecule is O=[N+]([O-])c1ccc(S(=O)(=O)N2CCN(C[C@@H]3C[C@@H]4C=C[C@H]3C4)CC2)cc1. The maximum atomic E-state index is 12.8. The molecule has 0 aromatic heterocycles. The van der Waals surface area contributed by atoms with Gasteiger partial charge in [0.1, 0.15) is 0 Å². The minimum Gasteiger partial charge on any atom is -0.300 e. The van der Waals surface area contributed by atoms with E-state index in [9.17, 15) is 18.5 Å². The summed E-state index contributed by atoms with van der Waals surface area (Å²) in [7, 11) is -3.59. The molecule has 1 aromatic rings. The Morgan fingerprint density at radius 1 is 1.04 bits per heavy atom. The molecule has 1 heterocycles. The third kappa shape index (κ3) is 3.28. The Morgan fingerprint density at radius 2 is 1.73 bits per heavy atom. The monoisotopic (exact) mass is 377 g/mol. The first-order valence-electron chi connectivity index (χ1n) is 9.09. The number of piperazine rings is 1. The molecule has 3 atom stereocenters. The van der Waals surface area contributed by atoms with Crippen molar-refractivity contribution in [2.45, 2.75) is 17.7 Å². The van der Waals surface area contributed by atoms with Gasteiger partial charge in [-0.05, 0) is 42.7 Å². The lowest BCUT2D eigenvalue weighted by Crippen LogP contribution is -2.49. The minimum atomic E-state index is -3.59. The number of nitro groups is 1. The molecule has 8 heteroatoms. The van der Waals surface area contributed by atoms with E-state index in [1.165, 1.54) is 41.4 Å². The zero-order valence-electron chi connectivity index (χ0n) is 14.5. The molecule has 0 unspecified atom stereocenters. The largest absolute Gasteiger partial charge is 0.300 e. The van der Waals surface area contributed by atoms with Crippen LogP contribution in [0, 0.1) is 27.9 Å². The molecule has 1 aromatic carbocycles. The van der Waals surface area contributed by atoms with E-state index in [0.29, 0.717) is 24.9 Å². The van der Waals surface area contributed by atoms with Crippen LogP contribution in [0.15, 0.2) is 41.3 Å². The lowest BCUT2D eigenvalue weighted by Gasteiger charge is -2.36. The molecular weight excluding hydrogens is 354 g/mol. The zero-order valence-corrected chi connectivity index (χ0v) is 15.3. The Balaban J connectivity index is 1.36. The number of fused-ring (bicyclic) bond motifs is 2. The third-order valence-corrected chi connectivity index (χ3v) is 7.84. The van der Waals surface area contributed by atoms with Crippen molar-refractivity contribution in [1.29, 1.82) is 0 Å². The van der Waals surface area contributed by atoms with Crippen LogP contribution in [0.5, 0.6) is 0 Å². The van der Waals surface area contributed by atoms with Gasteiger partial charge >= 0.3 is 0 Å². The number of nitro benzene ring substituents is 1. The molecule has 0 N–H and O–H groups in total. The van der Waals surface area contributed by atoms with Crippen LogP contribution in [0.1, 0.15) is 12.8 Å². The molecule has 1 saturated carbocycles. The second-order valence-corrected chi connectivity index (χ2v) is 9.43. The molecule has 7 nitrogen and oxygen atoms in total. The van der Waals surface area contributed by atoms with Crippen LogP contribution in [-0.4, -0.2) is 55.3 Å². The number of sulfonamides is 1. The molecule has 1 aliphatic heterocycles. The summed E-state index contributed by atoms with van der Waals surface area (Å²) in [6, 6.07) is 5.13. The lowest BCUT2D eigenvalue weighted by molar-refractivity contribution is -0.384. The number of rotatable bonds is 5. The summed E-state index contributed by atoms with van der Waals surface area (Å²) in [4.78, 5) is 12.7. The Labute approximate surface area is 153 Å². The number of allylic oxidation sites excluding steroid dienone is 2. The smallest absolute Gasteiger partial charge is 0.269 e. The molecule has 2 fully saturated rings. The molecule has 0 spiro atoms. The van der Waals surface area contributed by atoms with Crippen molar-refractivity contribution < 1.29 is 13.3 Å². The first-order chi connectivity index (χ1) is 12.4. The van der Waals surface area contributed by atoms with E-state index in [1.54, 1.807) is 0 Å². The fourth-order valence-electron chi connectivity index (χ4n) is 4.48. The highest BCUT2D eigenvalue weighted by atomic mass is 32.2. The molecule has 3 aliphatic rings. The van der Waals surface area contributed by atoms with Crippen LogP contribution < -0.4 is 0 Å². The van der Waals surface area contributed by atoms with Crippen LogP contribution in [0.4, 0.5) is 5.69 Å². The fourth-order valence-corrected chi connectivity index (χ4v) is 5.90. The highest BCUT2D eigenvalue weighted by molar-refractivity contribution is 7.89. The second kappa shape index (κ2) is 6.75. The minimum absolute atomic E-state index is 0.103. The van der Waals surface area contributed by atoms with Gasteiger partial charge in [0, 0.05) is 44.9 Å². The van der Waals surface area contributed by atoms with E-state index < -0.39 is 14.9 Å². The van der Waals surface area contributed by atoms with Gasteiger partial charge in [-0.1, -0.05) is 12.2 Å². The summed E-state index contributed by atoms with van der Waals surface area (Å²) in [5, 5.41) is 10.7. The number of hydrogen-bond donors (Lipinski definition) is 0. The van der Waals surface area contributed by atoms with E-state index in [-0.39, 0.29) is 10.6 Å². The predicted octanol–water partition coefficient (Wildman–Crippen LogP) is 2.11. The highest BCUT2D eigenvalue weighted by Crippen LogP contribution is 2.43. The Kier molecular flexibility index (Phi) is 4.58. The van der Waals surface area contributed by atoms with Gasteiger partial charge in [-0.3, -0.25) is 10.1 Å². The van der Waals surface area contributed by atoms with Crippen LogP contribution in [0.3, 0.4) is 0 Å². The third-order valence-electron chi connectivity index (χ3n) is 5.93. The van der Waals surface area contributed by atoms with Gasteiger partial charge in [0.05, 0.1) is 9.82 Å². The summed E-state index contributed by atoms with van der Waals surface area (Å²) in [5.74, 6) is 2.18. The van der Waals surface area contributed by atoms with Crippen LogP contribution >= 0.6 is 0 Å². The average Bonchev–Trinajstić information content (AvgIpc) is 3.25. The molecule has 2 bridgehead atoms. The molecular formula is C18H23N3O4S. The van der Waals surface area contributed by atoms with Crippen molar-refractivity contribution in [2.75, 3.05) is 32.7 Å². The van der Waals surface area contributed by atoms with E-state index >= 15 is 0 Å². The number of benzene rings is 1. The van der Waals surface area contributed by atoms with Crippen LogP contribution in [-0.2, 0) is 10.0 Å². The maximum Gasteiger partial charge on any atom is 0.269 e. The van der Waals surface area contributed by atoms with E-state index in [2.05, 4.69) is 17.1 Å². The van der Waals surface area contributed by atoms with Gasteiger partial charge in [0.25, 0.3) is 5.69 Å². The van der Waals surface area contributed by atoms with Crippen molar-refractivity contribution in [3.05, 3.63) is 46.5 Å². The van der Waals surface area contributed by atoms with Gasteiger partial charge in [0.2, 0.25) is 10.0 Å². The molecule has 26 heavy (non-hydrogen) atoms. The lowest BCUT2D eigenvalue weighted by atomic mass is 9.93. The Bertz CT molecular complexity index is 813. The first kappa shape index (κ1) is 17.6. The predicted molar refractivity (Wildman–Crippen MR) is 97.1 cm³/mol. The van der Waals surface area contributed by atoms with E-state index in [1.807, 2.05) is 0 Å². The van der Waals surface area contributed by atoms with Crippen molar-refractivity contribution in [3.63, 3.8) is 0 Å². The quantitative estimate of drug-likeness (QED) is 0.446. The summed E-state index contributed by atoms with van der Waals surface area (Å²) < 4.78 is 27.0.